The average Bonchev–Trinajstić information content (AvgIpc) is 3.09. The highest BCUT2D eigenvalue weighted by Crippen LogP contribution is 2.32. The van der Waals surface area contributed by atoms with Gasteiger partial charge in [-0.3, -0.25) is 5.32 Å². The van der Waals surface area contributed by atoms with Gasteiger partial charge in [-0.05, 0) is 42.0 Å². The predicted molar refractivity (Wildman–Crippen MR) is 90.4 cm³/mol. The standard InChI is InChI=1S/C16H19BrN2S/c1-2-16(18-11-14-4-3-9-20-14)19-8-7-12-5-6-13(17)10-15(12)19/h3-6,9-10,16,18H,2,7-8,11H2,1H3. The van der Waals surface area contributed by atoms with Gasteiger partial charge in [-0.2, -0.15) is 0 Å². The molecule has 0 spiro atoms. The molecule has 2 aromatic rings. The number of hydrogen-bond donors (Lipinski definition) is 1. The third-order valence-corrected chi connectivity index (χ3v) is 5.20. The Morgan fingerprint density at radius 2 is 2.30 bits per heavy atom. The Hall–Kier alpha value is -0.840. The third kappa shape index (κ3) is 2.92. The predicted octanol–water partition coefficient (Wildman–Crippen LogP) is 4.40. The lowest BCUT2D eigenvalue weighted by atomic mass is 10.2. The topological polar surface area (TPSA) is 15.3 Å². The molecular weight excluding hydrogens is 332 g/mol. The lowest BCUT2D eigenvalue weighted by Gasteiger charge is -2.30. The Labute approximate surface area is 132 Å². The number of anilines is 1. The minimum absolute atomic E-state index is 0.410. The molecule has 20 heavy (non-hydrogen) atoms. The van der Waals surface area contributed by atoms with E-state index in [1.54, 1.807) is 0 Å². The van der Waals surface area contributed by atoms with Crippen LogP contribution in [0.4, 0.5) is 5.69 Å². The maximum Gasteiger partial charge on any atom is 0.0796 e. The number of thiophene rings is 1. The fourth-order valence-corrected chi connectivity index (χ4v) is 3.81. The van der Waals surface area contributed by atoms with Gasteiger partial charge in [0.1, 0.15) is 0 Å². The van der Waals surface area contributed by atoms with Crippen LogP contribution in [0, 0.1) is 0 Å². The number of nitrogens with zero attached hydrogens (tertiary/aromatic N) is 1. The second-order valence-electron chi connectivity index (χ2n) is 5.10. The lowest BCUT2D eigenvalue weighted by molar-refractivity contribution is 0.479. The maximum absolute atomic E-state index is 3.70. The number of rotatable bonds is 5. The number of hydrogen-bond acceptors (Lipinski definition) is 3. The van der Waals surface area contributed by atoms with Crippen LogP contribution in [0.25, 0.3) is 0 Å². The van der Waals surface area contributed by atoms with Crippen molar-refractivity contribution in [1.29, 1.82) is 0 Å². The normalized spacial score (nSPS) is 15.4. The summed E-state index contributed by atoms with van der Waals surface area (Å²) in [5, 5.41) is 5.83. The first-order valence-corrected chi connectivity index (χ1v) is 8.76. The molecule has 1 aromatic carbocycles. The van der Waals surface area contributed by atoms with Gasteiger partial charge in [-0.15, -0.1) is 11.3 Å². The molecule has 0 bridgehead atoms. The molecule has 0 saturated heterocycles. The number of benzene rings is 1. The van der Waals surface area contributed by atoms with Crippen molar-refractivity contribution < 1.29 is 0 Å². The molecule has 1 unspecified atom stereocenters. The first-order valence-electron chi connectivity index (χ1n) is 7.08. The molecule has 106 valence electrons. The monoisotopic (exact) mass is 350 g/mol. The van der Waals surface area contributed by atoms with Crippen LogP contribution >= 0.6 is 27.3 Å². The number of halogens is 1. The van der Waals surface area contributed by atoms with Crippen molar-refractivity contribution in [3.05, 3.63) is 50.6 Å². The minimum atomic E-state index is 0.410. The molecule has 2 nitrogen and oxygen atoms in total. The van der Waals surface area contributed by atoms with Crippen LogP contribution in [0.15, 0.2) is 40.2 Å². The first kappa shape index (κ1) is 14.1. The molecule has 1 N–H and O–H groups in total. The van der Waals surface area contributed by atoms with E-state index >= 15 is 0 Å². The van der Waals surface area contributed by atoms with Crippen LogP contribution in [0.3, 0.4) is 0 Å². The first-order chi connectivity index (χ1) is 9.78. The third-order valence-electron chi connectivity index (χ3n) is 3.83. The largest absolute Gasteiger partial charge is 0.355 e. The summed E-state index contributed by atoms with van der Waals surface area (Å²) in [6, 6.07) is 10.9. The second kappa shape index (κ2) is 6.29. The Bertz CT molecular complexity index is 568. The van der Waals surface area contributed by atoms with Gasteiger partial charge >= 0.3 is 0 Å². The summed E-state index contributed by atoms with van der Waals surface area (Å²) in [6.07, 6.45) is 2.67. The van der Waals surface area contributed by atoms with E-state index in [1.165, 1.54) is 16.1 Å². The van der Waals surface area contributed by atoms with Crippen molar-refractivity contribution in [3.63, 3.8) is 0 Å². The summed E-state index contributed by atoms with van der Waals surface area (Å²) in [5.41, 5.74) is 2.84. The summed E-state index contributed by atoms with van der Waals surface area (Å²) in [6.45, 7) is 4.32. The fourth-order valence-electron chi connectivity index (χ4n) is 2.81. The quantitative estimate of drug-likeness (QED) is 0.859. The van der Waals surface area contributed by atoms with E-state index in [4.69, 9.17) is 0 Å². The van der Waals surface area contributed by atoms with E-state index < -0.39 is 0 Å². The maximum atomic E-state index is 3.70. The molecule has 0 saturated carbocycles. The molecule has 2 heterocycles. The zero-order valence-corrected chi connectivity index (χ0v) is 14.0. The zero-order valence-electron chi connectivity index (χ0n) is 11.6. The van der Waals surface area contributed by atoms with Gasteiger partial charge in [-0.25, -0.2) is 0 Å². The van der Waals surface area contributed by atoms with E-state index in [9.17, 15) is 0 Å². The highest BCUT2D eigenvalue weighted by atomic mass is 79.9. The van der Waals surface area contributed by atoms with Gasteiger partial charge in [0, 0.05) is 28.1 Å². The Morgan fingerprint density at radius 1 is 1.40 bits per heavy atom. The fraction of sp³-hybridized carbons (Fsp3) is 0.375. The minimum Gasteiger partial charge on any atom is -0.355 e. The summed E-state index contributed by atoms with van der Waals surface area (Å²) >= 11 is 5.41. The molecule has 1 aromatic heterocycles. The molecule has 1 atom stereocenters. The molecule has 0 amide bonds. The van der Waals surface area contributed by atoms with Crippen LogP contribution in [0.5, 0.6) is 0 Å². The second-order valence-corrected chi connectivity index (χ2v) is 7.05. The summed E-state index contributed by atoms with van der Waals surface area (Å²) < 4.78 is 1.16. The van der Waals surface area contributed by atoms with Gasteiger partial charge in [0.2, 0.25) is 0 Å². The molecule has 1 aliphatic heterocycles. The van der Waals surface area contributed by atoms with E-state index in [0.717, 1.165) is 30.4 Å². The van der Waals surface area contributed by atoms with Crippen molar-refractivity contribution in [2.75, 3.05) is 11.4 Å². The molecular formula is C16H19BrN2S. The summed E-state index contributed by atoms with van der Waals surface area (Å²) in [7, 11) is 0. The smallest absolute Gasteiger partial charge is 0.0796 e. The highest BCUT2D eigenvalue weighted by Gasteiger charge is 2.24. The molecule has 4 heteroatoms. The van der Waals surface area contributed by atoms with Crippen molar-refractivity contribution in [1.82, 2.24) is 5.32 Å². The summed E-state index contributed by atoms with van der Waals surface area (Å²) in [5.74, 6) is 0. The van der Waals surface area contributed by atoms with E-state index in [1.807, 2.05) is 11.3 Å². The van der Waals surface area contributed by atoms with Gasteiger partial charge in [0.15, 0.2) is 0 Å². The van der Waals surface area contributed by atoms with E-state index in [-0.39, 0.29) is 0 Å². The average molecular weight is 351 g/mol. The Kier molecular flexibility index (Phi) is 4.44. The molecule has 0 fully saturated rings. The SMILES string of the molecule is CCC(NCc1cccs1)N1CCc2ccc(Br)cc21. The van der Waals surface area contributed by atoms with Gasteiger partial charge < -0.3 is 4.90 Å². The van der Waals surface area contributed by atoms with Gasteiger partial charge in [-0.1, -0.05) is 35.0 Å². The van der Waals surface area contributed by atoms with E-state index in [2.05, 4.69) is 68.8 Å². The van der Waals surface area contributed by atoms with Crippen LogP contribution in [-0.2, 0) is 13.0 Å². The van der Waals surface area contributed by atoms with Gasteiger partial charge in [0.05, 0.1) is 6.17 Å². The van der Waals surface area contributed by atoms with Gasteiger partial charge in [0.25, 0.3) is 0 Å². The lowest BCUT2D eigenvalue weighted by Crippen LogP contribution is -2.44. The van der Waals surface area contributed by atoms with Crippen molar-refractivity contribution in [2.45, 2.75) is 32.5 Å². The van der Waals surface area contributed by atoms with Crippen LogP contribution < -0.4 is 10.2 Å². The molecule has 0 aliphatic carbocycles. The molecule has 0 radical (unpaired) electrons. The molecule has 1 aliphatic rings. The van der Waals surface area contributed by atoms with Crippen LogP contribution in [0.1, 0.15) is 23.8 Å². The number of fused-ring (bicyclic) bond motifs is 1. The number of nitrogens with one attached hydrogen (secondary N) is 1. The molecule has 3 rings (SSSR count). The Morgan fingerprint density at radius 3 is 3.05 bits per heavy atom. The van der Waals surface area contributed by atoms with Crippen molar-refractivity contribution in [2.24, 2.45) is 0 Å². The zero-order chi connectivity index (χ0) is 13.9. The van der Waals surface area contributed by atoms with Crippen molar-refractivity contribution in [3.8, 4) is 0 Å². The van der Waals surface area contributed by atoms with E-state index in [0.29, 0.717) is 6.17 Å². The van der Waals surface area contributed by atoms with Crippen molar-refractivity contribution >= 4 is 33.0 Å². The van der Waals surface area contributed by atoms with Crippen LogP contribution in [0.2, 0.25) is 0 Å². The summed E-state index contributed by atoms with van der Waals surface area (Å²) in [4.78, 5) is 3.91. The highest BCUT2D eigenvalue weighted by molar-refractivity contribution is 9.10. The Balaban J connectivity index is 1.73. The van der Waals surface area contributed by atoms with Crippen LogP contribution in [-0.4, -0.2) is 12.7 Å².